The second-order valence-electron chi connectivity index (χ2n) is 20.5. The van der Waals surface area contributed by atoms with Crippen LogP contribution in [-0.4, -0.2) is 142 Å². The minimum Gasteiger partial charge on any atom is -0.462 e. The number of aliphatic hydroxyl groups is 7. The van der Waals surface area contributed by atoms with Gasteiger partial charge in [0.1, 0.15) is 55.4 Å². The first kappa shape index (κ1) is 69.0. The zero-order chi connectivity index (χ0) is 55.3. The Morgan fingerprint density at radius 2 is 0.803 bits per heavy atom. The summed E-state index contributed by atoms with van der Waals surface area (Å²) >= 11 is 0. The van der Waals surface area contributed by atoms with Crippen LogP contribution in [0.4, 0.5) is 0 Å². The van der Waals surface area contributed by atoms with E-state index in [1.807, 2.05) is 6.08 Å². The molecule has 0 spiro atoms. The number of allylic oxidation sites excluding steroid dienone is 12. The first-order chi connectivity index (χ1) is 37.0. The van der Waals surface area contributed by atoms with E-state index in [9.17, 15) is 45.3 Å². The van der Waals surface area contributed by atoms with Gasteiger partial charge in [0.15, 0.2) is 18.7 Å². The quantitative estimate of drug-likeness (QED) is 0.0171. The molecule has 0 bridgehead atoms. The minimum absolute atomic E-state index is 0.0858. The molecule has 438 valence electrons. The highest BCUT2D eigenvalue weighted by Gasteiger charge is 2.47. The molecule has 2 saturated heterocycles. The van der Waals surface area contributed by atoms with Crippen LogP contribution >= 0.6 is 0 Å². The third-order valence-corrected chi connectivity index (χ3v) is 13.7. The summed E-state index contributed by atoms with van der Waals surface area (Å²) in [6.45, 7) is 2.52. The van der Waals surface area contributed by atoms with E-state index in [1.54, 1.807) is 0 Å². The second-order valence-corrected chi connectivity index (χ2v) is 20.5. The Hall–Kier alpha value is -3.06. The molecule has 0 aromatic carbocycles. The molecule has 2 aliphatic heterocycles. The lowest BCUT2D eigenvalue weighted by molar-refractivity contribution is -0.332. The van der Waals surface area contributed by atoms with Gasteiger partial charge in [0.05, 0.1) is 19.8 Å². The van der Waals surface area contributed by atoms with Crippen LogP contribution in [0.1, 0.15) is 206 Å². The van der Waals surface area contributed by atoms with E-state index >= 15 is 0 Å². The Morgan fingerprint density at radius 3 is 1.30 bits per heavy atom. The van der Waals surface area contributed by atoms with Crippen LogP contribution in [0.3, 0.4) is 0 Å². The van der Waals surface area contributed by atoms with Crippen LogP contribution in [0.15, 0.2) is 72.9 Å². The van der Waals surface area contributed by atoms with Crippen molar-refractivity contribution < 1.29 is 73.8 Å². The Kier molecular flexibility index (Phi) is 42.5. The fraction of sp³-hybridized carbons (Fsp3) is 0.770. The van der Waals surface area contributed by atoms with E-state index in [2.05, 4.69) is 80.7 Å². The highest BCUT2D eigenvalue weighted by Crippen LogP contribution is 2.26. The van der Waals surface area contributed by atoms with Crippen LogP contribution in [0.2, 0.25) is 0 Å². The lowest BCUT2D eigenvalue weighted by Gasteiger charge is -2.42. The van der Waals surface area contributed by atoms with E-state index in [0.29, 0.717) is 19.3 Å². The first-order valence-electron chi connectivity index (χ1n) is 29.5. The van der Waals surface area contributed by atoms with Gasteiger partial charge in [-0.15, -0.1) is 0 Å². The molecule has 15 nitrogen and oxygen atoms in total. The van der Waals surface area contributed by atoms with Gasteiger partial charge in [-0.3, -0.25) is 9.59 Å². The van der Waals surface area contributed by atoms with Gasteiger partial charge < -0.3 is 64.2 Å². The smallest absolute Gasteiger partial charge is 0.306 e. The highest BCUT2D eigenvalue weighted by molar-refractivity contribution is 5.70. The van der Waals surface area contributed by atoms with Gasteiger partial charge >= 0.3 is 11.9 Å². The number of carbonyl (C=O) groups is 2. The van der Waals surface area contributed by atoms with E-state index < -0.39 is 99.3 Å². The number of esters is 2. The molecule has 11 atom stereocenters. The average molecular weight is 1080 g/mol. The van der Waals surface area contributed by atoms with Crippen molar-refractivity contribution in [2.75, 3.05) is 26.4 Å². The maximum absolute atomic E-state index is 13.1. The Bertz CT molecular complexity index is 1590. The van der Waals surface area contributed by atoms with Crippen molar-refractivity contribution in [3.05, 3.63) is 72.9 Å². The standard InChI is InChI=1S/C61H104O15/c1-3-5-7-9-11-13-15-17-19-21-23-24-26-28-30-32-34-36-38-40-42-44-53(64)74-49(46-71-52(63)43-41-39-37-35-33-31-29-27-25-22-20-18-16-14-12-10-8-6-4-2)47-72-60-59(70)57(68)55(66)51(76-60)48-73-61-58(69)56(67)54(65)50(45-62)75-61/h12,14,18-21,24,26,30,32,36,38,49-51,54-62,65-70H,3-11,13,15-17,22-23,25,27-29,31,33-35,37,39-48H2,1-2H3/b14-12+,20-18+,21-19+,26-24+,32-30+,38-36+/t49-,50+,51+,54-,55-,56?,57?,58?,59?,60+,61+/m1/s1. The molecule has 0 amide bonds. The second kappa shape index (κ2) is 46.8. The molecule has 0 radical (unpaired) electrons. The monoisotopic (exact) mass is 1080 g/mol. The van der Waals surface area contributed by atoms with Gasteiger partial charge in [0.2, 0.25) is 0 Å². The highest BCUT2D eigenvalue weighted by atomic mass is 16.7. The van der Waals surface area contributed by atoms with Crippen LogP contribution < -0.4 is 0 Å². The Balaban J connectivity index is 1.79. The zero-order valence-electron chi connectivity index (χ0n) is 46.7. The molecule has 4 unspecified atom stereocenters. The molecule has 2 rings (SSSR count). The van der Waals surface area contributed by atoms with E-state index in [-0.39, 0.29) is 19.4 Å². The maximum atomic E-state index is 13.1. The van der Waals surface area contributed by atoms with Crippen molar-refractivity contribution in [1.29, 1.82) is 0 Å². The lowest BCUT2D eigenvalue weighted by atomic mass is 9.98. The van der Waals surface area contributed by atoms with Gasteiger partial charge in [-0.2, -0.15) is 0 Å². The van der Waals surface area contributed by atoms with Crippen LogP contribution in [-0.2, 0) is 38.0 Å². The third kappa shape index (κ3) is 33.4. The predicted octanol–water partition coefficient (Wildman–Crippen LogP) is 10.2. The largest absolute Gasteiger partial charge is 0.462 e. The van der Waals surface area contributed by atoms with Crippen molar-refractivity contribution >= 4 is 11.9 Å². The number of hydrogen-bond donors (Lipinski definition) is 7. The van der Waals surface area contributed by atoms with Crippen LogP contribution in [0.25, 0.3) is 0 Å². The maximum Gasteiger partial charge on any atom is 0.306 e. The molecule has 2 heterocycles. The van der Waals surface area contributed by atoms with Crippen molar-refractivity contribution in [3.63, 3.8) is 0 Å². The van der Waals surface area contributed by atoms with Gasteiger partial charge in [-0.05, 0) is 83.5 Å². The molecule has 0 aliphatic carbocycles. The van der Waals surface area contributed by atoms with Gasteiger partial charge in [-0.1, -0.05) is 183 Å². The molecule has 2 aliphatic rings. The summed E-state index contributed by atoms with van der Waals surface area (Å²) in [5.41, 5.74) is 0. The summed E-state index contributed by atoms with van der Waals surface area (Å²) in [6, 6.07) is 0. The summed E-state index contributed by atoms with van der Waals surface area (Å²) in [5.74, 6) is -0.996. The summed E-state index contributed by atoms with van der Waals surface area (Å²) in [4.78, 5) is 25.9. The third-order valence-electron chi connectivity index (χ3n) is 13.7. The van der Waals surface area contributed by atoms with Crippen LogP contribution in [0, 0.1) is 0 Å². The summed E-state index contributed by atoms with van der Waals surface area (Å²) < 4.78 is 33.6. The number of aliphatic hydroxyl groups excluding tert-OH is 7. The number of carbonyl (C=O) groups excluding carboxylic acids is 2. The molecule has 0 saturated carbocycles. The molecular formula is C61H104O15. The molecule has 0 aromatic rings. The number of ether oxygens (including phenoxy) is 6. The van der Waals surface area contributed by atoms with E-state index in [0.717, 1.165) is 57.8 Å². The number of rotatable bonds is 46. The minimum atomic E-state index is -1.78. The van der Waals surface area contributed by atoms with Crippen LogP contribution in [0.5, 0.6) is 0 Å². The first-order valence-corrected chi connectivity index (χ1v) is 29.5. The summed E-state index contributed by atoms with van der Waals surface area (Å²) in [7, 11) is 0. The van der Waals surface area contributed by atoms with Crippen molar-refractivity contribution in [1.82, 2.24) is 0 Å². The average Bonchev–Trinajstić information content (AvgIpc) is 3.42. The Morgan fingerprint density at radius 1 is 0.421 bits per heavy atom. The number of unbranched alkanes of at least 4 members (excludes halogenated alkanes) is 20. The van der Waals surface area contributed by atoms with E-state index in [1.165, 1.54) is 103 Å². The SMILES string of the molecule is CCCCC/C=C/C/C=C/CCCCCCCCCCCC(=O)OC[C@H](CO[C@H]1O[C@@H](CO[C@H]2O[C@@H](CO)[C@@H](O)C(O)C2O)[C@@H](O)C(O)C1O)OC(=O)CCC/C=C/C/C=C/C/C=C/C/C=C/CCCCCCCCC. The molecule has 15 heteroatoms. The normalized spacial score (nSPS) is 24.9. The van der Waals surface area contributed by atoms with Crippen molar-refractivity contribution in [3.8, 4) is 0 Å². The fourth-order valence-corrected chi connectivity index (χ4v) is 8.83. The summed E-state index contributed by atoms with van der Waals surface area (Å²) in [5, 5.41) is 72.3. The van der Waals surface area contributed by atoms with Gasteiger partial charge in [0.25, 0.3) is 0 Å². The molecule has 76 heavy (non-hydrogen) atoms. The molecule has 0 aromatic heterocycles. The van der Waals surface area contributed by atoms with Crippen molar-refractivity contribution in [2.45, 2.75) is 274 Å². The number of hydrogen-bond acceptors (Lipinski definition) is 15. The van der Waals surface area contributed by atoms with Gasteiger partial charge in [0, 0.05) is 12.8 Å². The van der Waals surface area contributed by atoms with Crippen molar-refractivity contribution in [2.24, 2.45) is 0 Å². The topological polar surface area (TPSA) is 231 Å². The molecular weight excluding hydrogens is 973 g/mol. The lowest BCUT2D eigenvalue weighted by Crippen LogP contribution is -2.61. The fourth-order valence-electron chi connectivity index (χ4n) is 8.83. The van der Waals surface area contributed by atoms with Gasteiger partial charge in [-0.25, -0.2) is 0 Å². The Labute approximate surface area is 457 Å². The molecule has 7 N–H and O–H groups in total. The summed E-state index contributed by atoms with van der Waals surface area (Å²) in [6.07, 6.45) is 40.7. The molecule has 2 fully saturated rings. The zero-order valence-corrected chi connectivity index (χ0v) is 46.7. The predicted molar refractivity (Wildman–Crippen MR) is 298 cm³/mol. The van der Waals surface area contributed by atoms with E-state index in [4.69, 9.17) is 28.4 Å².